The molecule has 1 atom stereocenters. The Hall–Kier alpha value is -1.89. The molecule has 2 heterocycles. The quantitative estimate of drug-likeness (QED) is 0.504. The Labute approximate surface area is 159 Å². The number of aryl methyl sites for hydroxylation is 2. The monoisotopic (exact) mass is 379 g/mol. The van der Waals surface area contributed by atoms with Crippen molar-refractivity contribution < 1.29 is 14.4 Å². The highest BCUT2D eigenvalue weighted by Crippen LogP contribution is 2.25. The van der Waals surface area contributed by atoms with Crippen LogP contribution in [0.2, 0.25) is 0 Å². The lowest BCUT2D eigenvalue weighted by atomic mass is 9.94. The third kappa shape index (κ3) is 4.44. The highest BCUT2D eigenvalue weighted by molar-refractivity contribution is 7.14. The number of imide groups is 1. The Kier molecular flexibility index (Phi) is 6.81. The van der Waals surface area contributed by atoms with E-state index in [1.54, 1.807) is 6.92 Å². The number of thiophene rings is 1. The third-order valence-corrected chi connectivity index (χ3v) is 5.97. The summed E-state index contributed by atoms with van der Waals surface area (Å²) >= 11 is 1.37. The summed E-state index contributed by atoms with van der Waals surface area (Å²) in [5, 5.41) is 3.56. The van der Waals surface area contributed by atoms with Crippen LogP contribution in [0.15, 0.2) is 6.07 Å². The first-order valence-corrected chi connectivity index (χ1v) is 10.2. The van der Waals surface area contributed by atoms with Crippen molar-refractivity contribution in [3.8, 4) is 0 Å². The van der Waals surface area contributed by atoms with Gasteiger partial charge in [-0.1, -0.05) is 46.0 Å². The fraction of sp³-hybridized carbons (Fsp3) is 0.632. The van der Waals surface area contributed by atoms with Crippen LogP contribution in [0.3, 0.4) is 0 Å². The predicted molar refractivity (Wildman–Crippen MR) is 103 cm³/mol. The van der Waals surface area contributed by atoms with Crippen LogP contribution in [0.25, 0.3) is 0 Å². The predicted octanol–water partition coefficient (Wildman–Crippen LogP) is 3.93. The van der Waals surface area contributed by atoms with Gasteiger partial charge >= 0.3 is 6.03 Å². The molecule has 0 aromatic carbocycles. The highest BCUT2D eigenvalue weighted by Gasteiger charge is 2.48. The Bertz CT molecular complexity index is 686. The van der Waals surface area contributed by atoms with Gasteiger partial charge in [-0.3, -0.25) is 15.0 Å². The smallest absolute Gasteiger partial charge is 0.322 e. The summed E-state index contributed by atoms with van der Waals surface area (Å²) in [6, 6.07) is 1.25. The Morgan fingerprint density at radius 3 is 2.54 bits per heavy atom. The molecule has 0 radical (unpaired) electrons. The Morgan fingerprint density at radius 1 is 1.23 bits per heavy atom. The minimum Gasteiger partial charge on any atom is -0.322 e. The molecule has 26 heavy (non-hydrogen) atoms. The molecule has 0 saturated carbocycles. The lowest BCUT2D eigenvalue weighted by molar-refractivity contribution is -0.132. The number of unbranched alkanes of at least 4 members (excludes halogenated alkanes) is 4. The molecule has 0 bridgehead atoms. The first kappa shape index (κ1) is 20.4. The Balaban J connectivity index is 1.98. The molecule has 7 heteroatoms. The van der Waals surface area contributed by atoms with Gasteiger partial charge in [0, 0.05) is 4.88 Å². The lowest BCUT2D eigenvalue weighted by Gasteiger charge is -2.21. The lowest BCUT2D eigenvalue weighted by Crippen LogP contribution is -2.48. The second-order valence-corrected chi connectivity index (χ2v) is 8.31. The van der Waals surface area contributed by atoms with E-state index in [1.165, 1.54) is 17.8 Å². The largest absolute Gasteiger partial charge is 0.344 e. The number of amides is 4. The van der Waals surface area contributed by atoms with Crippen molar-refractivity contribution in [1.82, 2.24) is 15.8 Å². The SMILES string of the molecule is CCCCCCC[C@]1(C)NC(=O)N(NC(=O)c2cc(CC)c(C)s2)C1=O. The summed E-state index contributed by atoms with van der Waals surface area (Å²) in [6.07, 6.45) is 6.79. The van der Waals surface area contributed by atoms with Crippen molar-refractivity contribution in [3.05, 3.63) is 21.4 Å². The van der Waals surface area contributed by atoms with Gasteiger partial charge in [0.1, 0.15) is 5.54 Å². The number of carbonyl (C=O) groups is 3. The van der Waals surface area contributed by atoms with Crippen LogP contribution >= 0.6 is 11.3 Å². The molecule has 2 rings (SSSR count). The molecule has 4 amide bonds. The molecule has 144 valence electrons. The van der Waals surface area contributed by atoms with E-state index >= 15 is 0 Å². The van der Waals surface area contributed by atoms with Crippen molar-refractivity contribution in [1.29, 1.82) is 0 Å². The summed E-state index contributed by atoms with van der Waals surface area (Å²) in [6.45, 7) is 7.87. The van der Waals surface area contributed by atoms with Crippen LogP contribution in [0.1, 0.15) is 79.4 Å². The van der Waals surface area contributed by atoms with Gasteiger partial charge in [0.05, 0.1) is 4.88 Å². The molecule has 0 spiro atoms. The summed E-state index contributed by atoms with van der Waals surface area (Å²) in [5.74, 6) is -0.816. The second kappa shape index (κ2) is 8.66. The molecule has 1 aromatic rings. The molecular formula is C19H29N3O3S. The maximum Gasteiger partial charge on any atom is 0.344 e. The first-order valence-electron chi connectivity index (χ1n) is 9.39. The zero-order valence-corrected chi connectivity index (χ0v) is 16.9. The molecule has 0 aliphatic carbocycles. The van der Waals surface area contributed by atoms with Crippen LogP contribution in [-0.2, 0) is 11.2 Å². The second-order valence-electron chi connectivity index (χ2n) is 7.05. The van der Waals surface area contributed by atoms with Gasteiger partial charge < -0.3 is 5.32 Å². The van der Waals surface area contributed by atoms with Crippen LogP contribution < -0.4 is 10.7 Å². The average Bonchev–Trinajstić information content (AvgIpc) is 3.08. The molecule has 1 aromatic heterocycles. The van der Waals surface area contributed by atoms with Gasteiger partial charge in [0.25, 0.3) is 11.8 Å². The van der Waals surface area contributed by atoms with Gasteiger partial charge in [-0.05, 0) is 38.3 Å². The number of hydrogen-bond donors (Lipinski definition) is 2. The number of carbonyl (C=O) groups excluding carboxylic acids is 3. The van der Waals surface area contributed by atoms with Gasteiger partial charge in [-0.15, -0.1) is 11.3 Å². The molecule has 1 aliphatic rings. The number of urea groups is 1. The molecule has 1 saturated heterocycles. The van der Waals surface area contributed by atoms with E-state index in [2.05, 4.69) is 17.7 Å². The van der Waals surface area contributed by atoms with E-state index < -0.39 is 23.4 Å². The van der Waals surface area contributed by atoms with Crippen molar-refractivity contribution in [2.45, 2.75) is 78.2 Å². The average molecular weight is 380 g/mol. The molecule has 6 nitrogen and oxygen atoms in total. The van der Waals surface area contributed by atoms with Gasteiger partial charge in [0.2, 0.25) is 0 Å². The van der Waals surface area contributed by atoms with E-state index in [-0.39, 0.29) is 0 Å². The number of hydrogen-bond acceptors (Lipinski definition) is 4. The van der Waals surface area contributed by atoms with Crippen LogP contribution in [-0.4, -0.2) is 28.4 Å². The van der Waals surface area contributed by atoms with Crippen LogP contribution in [0, 0.1) is 6.92 Å². The fourth-order valence-corrected chi connectivity index (χ4v) is 4.18. The Morgan fingerprint density at radius 2 is 1.92 bits per heavy atom. The number of hydrazine groups is 1. The summed E-state index contributed by atoms with van der Waals surface area (Å²) in [5.41, 5.74) is 2.63. The van der Waals surface area contributed by atoms with E-state index in [4.69, 9.17) is 0 Å². The van der Waals surface area contributed by atoms with E-state index in [0.717, 1.165) is 47.6 Å². The van der Waals surface area contributed by atoms with E-state index in [0.29, 0.717) is 11.3 Å². The van der Waals surface area contributed by atoms with Gasteiger partial charge in [-0.25, -0.2) is 4.79 Å². The molecule has 2 N–H and O–H groups in total. The van der Waals surface area contributed by atoms with Crippen molar-refractivity contribution in [3.63, 3.8) is 0 Å². The van der Waals surface area contributed by atoms with E-state index in [9.17, 15) is 14.4 Å². The molecule has 1 fully saturated rings. The van der Waals surface area contributed by atoms with Crippen LogP contribution in [0.4, 0.5) is 4.79 Å². The first-order chi connectivity index (χ1) is 12.3. The third-order valence-electron chi connectivity index (χ3n) is 4.88. The summed E-state index contributed by atoms with van der Waals surface area (Å²) < 4.78 is 0. The highest BCUT2D eigenvalue weighted by atomic mass is 32.1. The minimum absolute atomic E-state index is 0.393. The molecular weight excluding hydrogens is 350 g/mol. The standard InChI is InChI=1S/C19H29N3O3S/c1-5-7-8-9-10-11-19(4)17(24)22(18(25)20-19)21-16(23)15-12-14(6-2)13(3)26-15/h12H,5-11H2,1-4H3,(H,20,25)(H,21,23)/t19-/m0/s1. The maximum absolute atomic E-state index is 12.7. The van der Waals surface area contributed by atoms with Crippen LogP contribution in [0.5, 0.6) is 0 Å². The fourth-order valence-electron chi connectivity index (χ4n) is 3.18. The minimum atomic E-state index is -0.948. The topological polar surface area (TPSA) is 78.5 Å². The van der Waals surface area contributed by atoms with Crippen molar-refractivity contribution in [2.75, 3.05) is 0 Å². The zero-order chi connectivity index (χ0) is 19.3. The maximum atomic E-state index is 12.7. The van der Waals surface area contributed by atoms with E-state index in [1.807, 2.05) is 19.9 Å². The van der Waals surface area contributed by atoms with Gasteiger partial charge in [-0.2, -0.15) is 5.01 Å². The summed E-state index contributed by atoms with van der Waals surface area (Å²) in [4.78, 5) is 38.9. The van der Waals surface area contributed by atoms with Gasteiger partial charge in [0.15, 0.2) is 0 Å². The summed E-state index contributed by atoms with van der Waals surface area (Å²) in [7, 11) is 0. The molecule has 1 aliphatic heterocycles. The number of nitrogens with one attached hydrogen (secondary N) is 2. The number of rotatable bonds is 9. The number of nitrogens with zero attached hydrogens (tertiary/aromatic N) is 1. The molecule has 0 unspecified atom stereocenters. The normalized spacial score (nSPS) is 19.8. The van der Waals surface area contributed by atoms with Crippen molar-refractivity contribution in [2.24, 2.45) is 0 Å². The zero-order valence-electron chi connectivity index (χ0n) is 16.1. The van der Waals surface area contributed by atoms with Crippen molar-refractivity contribution >= 4 is 29.2 Å².